The summed E-state index contributed by atoms with van der Waals surface area (Å²) < 4.78 is 4.71. The number of ether oxygens (including phenoxy) is 1. The zero-order valence-electron chi connectivity index (χ0n) is 8.35. The van der Waals surface area contributed by atoms with E-state index in [2.05, 4.69) is 6.92 Å². The van der Waals surface area contributed by atoms with Crippen molar-refractivity contribution in [2.45, 2.75) is 13.0 Å². The predicted molar refractivity (Wildman–Crippen MR) is 55.7 cm³/mol. The molecule has 4 heteroatoms. The van der Waals surface area contributed by atoms with Gasteiger partial charge in [-0.15, -0.1) is 0 Å². The van der Waals surface area contributed by atoms with Crippen molar-refractivity contribution in [2.24, 2.45) is 0 Å². The van der Waals surface area contributed by atoms with Gasteiger partial charge in [0, 0.05) is 0 Å². The molecule has 0 radical (unpaired) electrons. The standard InChI is InChI=1S/C6H6O.C3H6O.CH2O.H3N/c7-6-4-2-1-3-5-6;1-3-2-4-3;1-2;/h1-5,7H;3H,2H2,1H3;1H2;1H3. The highest BCUT2D eigenvalue weighted by atomic mass is 16.6. The van der Waals surface area contributed by atoms with Gasteiger partial charge in [-0.2, -0.15) is 0 Å². The summed E-state index contributed by atoms with van der Waals surface area (Å²) in [5.41, 5.74) is 0. The van der Waals surface area contributed by atoms with Gasteiger partial charge in [0.05, 0.1) is 12.7 Å². The van der Waals surface area contributed by atoms with Gasteiger partial charge in [0.1, 0.15) is 12.5 Å². The molecule has 4 nitrogen and oxygen atoms in total. The van der Waals surface area contributed by atoms with E-state index >= 15 is 0 Å². The number of phenols is 1. The Morgan fingerprint density at radius 3 is 1.86 bits per heavy atom. The van der Waals surface area contributed by atoms with Crippen LogP contribution in [0.1, 0.15) is 6.92 Å². The van der Waals surface area contributed by atoms with Crippen molar-refractivity contribution in [1.82, 2.24) is 6.15 Å². The van der Waals surface area contributed by atoms with Crippen LogP contribution in [0.15, 0.2) is 30.3 Å². The van der Waals surface area contributed by atoms with E-state index in [1.165, 1.54) is 0 Å². The van der Waals surface area contributed by atoms with Crippen LogP contribution >= 0.6 is 0 Å². The molecule has 1 fully saturated rings. The molecule has 0 saturated carbocycles. The van der Waals surface area contributed by atoms with Crippen LogP contribution in [0.2, 0.25) is 0 Å². The van der Waals surface area contributed by atoms with E-state index in [9.17, 15) is 0 Å². The number of carbonyl (C=O) groups is 1. The van der Waals surface area contributed by atoms with E-state index < -0.39 is 0 Å². The number of carbonyl (C=O) groups excluding carboxylic acids is 1. The van der Waals surface area contributed by atoms with Gasteiger partial charge in [-0.05, 0) is 19.1 Å². The molecule has 1 saturated heterocycles. The maximum atomic E-state index is 8.63. The molecule has 0 bridgehead atoms. The number of hydrogen-bond acceptors (Lipinski definition) is 4. The van der Waals surface area contributed by atoms with Crippen LogP contribution < -0.4 is 6.15 Å². The van der Waals surface area contributed by atoms with Gasteiger partial charge in [-0.1, -0.05) is 18.2 Å². The van der Waals surface area contributed by atoms with Crippen LogP contribution in [-0.4, -0.2) is 24.6 Å². The van der Waals surface area contributed by atoms with Gasteiger partial charge >= 0.3 is 0 Å². The molecule has 1 atom stereocenters. The highest BCUT2D eigenvalue weighted by Crippen LogP contribution is 2.04. The zero-order chi connectivity index (χ0) is 10.1. The lowest BCUT2D eigenvalue weighted by atomic mass is 10.3. The number of aromatic hydroxyl groups is 1. The van der Waals surface area contributed by atoms with E-state index in [1.54, 1.807) is 24.3 Å². The van der Waals surface area contributed by atoms with Crippen molar-refractivity contribution in [3.05, 3.63) is 30.3 Å². The lowest BCUT2D eigenvalue weighted by Gasteiger charge is -1.82. The van der Waals surface area contributed by atoms with E-state index in [0.29, 0.717) is 11.9 Å². The third-order valence-corrected chi connectivity index (χ3v) is 1.26. The van der Waals surface area contributed by atoms with Crippen LogP contribution in [0.3, 0.4) is 0 Å². The summed E-state index contributed by atoms with van der Waals surface area (Å²) >= 11 is 0. The fraction of sp³-hybridized carbons (Fsp3) is 0.300. The topological polar surface area (TPSA) is 84.8 Å². The summed E-state index contributed by atoms with van der Waals surface area (Å²) in [7, 11) is 0. The third kappa shape index (κ3) is 10.6. The van der Waals surface area contributed by atoms with Crippen LogP contribution in [0.4, 0.5) is 0 Å². The van der Waals surface area contributed by atoms with Crippen LogP contribution in [0, 0.1) is 0 Å². The SMILES string of the molecule is C=O.CC1CO1.N.Oc1ccccc1. The lowest BCUT2D eigenvalue weighted by molar-refractivity contribution is -0.0979. The first-order valence-electron chi connectivity index (χ1n) is 3.93. The molecule has 1 aromatic rings. The van der Waals surface area contributed by atoms with E-state index in [4.69, 9.17) is 14.6 Å². The summed E-state index contributed by atoms with van der Waals surface area (Å²) in [5, 5.41) is 8.63. The van der Waals surface area contributed by atoms with Crippen LogP contribution in [0.5, 0.6) is 5.75 Å². The van der Waals surface area contributed by atoms with Crippen LogP contribution in [-0.2, 0) is 9.53 Å². The first kappa shape index (κ1) is 15.1. The first-order valence-corrected chi connectivity index (χ1v) is 3.93. The number of rotatable bonds is 0. The number of para-hydroxylation sites is 1. The van der Waals surface area contributed by atoms with Gasteiger partial charge in [0.15, 0.2) is 0 Å². The van der Waals surface area contributed by atoms with Gasteiger partial charge in [-0.3, -0.25) is 0 Å². The Hall–Kier alpha value is -1.39. The molecule has 80 valence electrons. The summed E-state index contributed by atoms with van der Waals surface area (Å²) in [6, 6.07) is 8.71. The normalized spacial score (nSPS) is 15.9. The van der Waals surface area contributed by atoms with E-state index in [0.717, 1.165) is 6.61 Å². The maximum Gasteiger partial charge on any atom is 0.115 e. The monoisotopic (exact) mass is 199 g/mol. The van der Waals surface area contributed by atoms with Crippen molar-refractivity contribution >= 4 is 6.79 Å². The first-order chi connectivity index (χ1) is 6.29. The van der Waals surface area contributed by atoms with Gasteiger partial charge in [-0.25, -0.2) is 0 Å². The molecule has 14 heavy (non-hydrogen) atoms. The predicted octanol–water partition coefficient (Wildman–Crippen LogP) is 1.77. The molecule has 0 amide bonds. The molecule has 1 heterocycles. The fourth-order valence-electron chi connectivity index (χ4n) is 0.524. The number of benzene rings is 1. The minimum Gasteiger partial charge on any atom is -0.508 e. The van der Waals surface area contributed by atoms with Crippen molar-refractivity contribution in [2.75, 3.05) is 6.61 Å². The Kier molecular flexibility index (Phi) is 10.5. The highest BCUT2D eigenvalue weighted by molar-refractivity contribution is 5.18. The van der Waals surface area contributed by atoms with Gasteiger partial charge in [0.2, 0.25) is 0 Å². The van der Waals surface area contributed by atoms with Crippen molar-refractivity contribution in [3.8, 4) is 5.75 Å². The highest BCUT2D eigenvalue weighted by Gasteiger charge is 2.13. The average molecular weight is 199 g/mol. The Bertz CT molecular complexity index is 212. The molecule has 1 unspecified atom stereocenters. The zero-order valence-corrected chi connectivity index (χ0v) is 8.35. The number of hydrogen-bond donors (Lipinski definition) is 2. The lowest BCUT2D eigenvalue weighted by Crippen LogP contribution is -1.60. The molecule has 1 aliphatic heterocycles. The molecular formula is C10H17NO3. The summed E-state index contributed by atoms with van der Waals surface area (Å²) in [6.07, 6.45) is 0.583. The molecule has 0 spiro atoms. The minimum atomic E-state index is 0. The molecular weight excluding hydrogens is 182 g/mol. The van der Waals surface area contributed by atoms with Gasteiger partial charge in [0.25, 0.3) is 0 Å². The molecule has 1 aliphatic rings. The average Bonchev–Trinajstić information content (AvgIpc) is 2.94. The molecule has 0 aromatic heterocycles. The van der Waals surface area contributed by atoms with Crippen molar-refractivity contribution < 1.29 is 14.6 Å². The smallest absolute Gasteiger partial charge is 0.115 e. The minimum absolute atomic E-state index is 0. The van der Waals surface area contributed by atoms with Crippen LogP contribution in [0.25, 0.3) is 0 Å². The van der Waals surface area contributed by atoms with Crippen molar-refractivity contribution in [3.63, 3.8) is 0 Å². The second-order valence-electron chi connectivity index (χ2n) is 2.48. The molecule has 2 rings (SSSR count). The Morgan fingerprint density at radius 2 is 1.71 bits per heavy atom. The van der Waals surface area contributed by atoms with E-state index in [-0.39, 0.29) is 6.15 Å². The number of phenolic OH excluding ortho intramolecular Hbond substituents is 1. The van der Waals surface area contributed by atoms with E-state index in [1.807, 2.05) is 12.9 Å². The molecule has 0 aliphatic carbocycles. The summed E-state index contributed by atoms with van der Waals surface area (Å²) in [4.78, 5) is 8.00. The Labute approximate surface area is 84.1 Å². The largest absolute Gasteiger partial charge is 0.508 e. The molecule has 1 aromatic carbocycles. The third-order valence-electron chi connectivity index (χ3n) is 1.26. The second kappa shape index (κ2) is 9.70. The fourth-order valence-corrected chi connectivity index (χ4v) is 0.524. The van der Waals surface area contributed by atoms with Crippen molar-refractivity contribution in [1.29, 1.82) is 0 Å². The quantitative estimate of drug-likeness (QED) is 0.623. The maximum absolute atomic E-state index is 8.63. The summed E-state index contributed by atoms with van der Waals surface area (Å²) in [6.45, 7) is 5.04. The molecule has 4 N–H and O–H groups in total. The number of epoxide rings is 1. The Balaban J connectivity index is 0. The second-order valence-corrected chi connectivity index (χ2v) is 2.48. The Morgan fingerprint density at radius 1 is 1.36 bits per heavy atom. The summed E-state index contributed by atoms with van der Waals surface area (Å²) in [5.74, 6) is 0.322. The van der Waals surface area contributed by atoms with Gasteiger partial charge < -0.3 is 20.8 Å².